The Bertz CT molecular complexity index is 692. The van der Waals surface area contributed by atoms with Crippen molar-refractivity contribution in [3.63, 3.8) is 0 Å². The minimum atomic E-state index is -0.186. The summed E-state index contributed by atoms with van der Waals surface area (Å²) >= 11 is 0. The van der Waals surface area contributed by atoms with E-state index in [0.29, 0.717) is 17.8 Å². The van der Waals surface area contributed by atoms with Gasteiger partial charge in [-0.15, -0.1) is 0 Å². The molecule has 1 heterocycles. The van der Waals surface area contributed by atoms with Gasteiger partial charge in [0.1, 0.15) is 0 Å². The Labute approximate surface area is 123 Å². The number of anilines is 2. The quantitative estimate of drug-likeness (QED) is 0.850. The third kappa shape index (κ3) is 2.65. The number of hydrogen-bond donors (Lipinski definition) is 2. The third-order valence-corrected chi connectivity index (χ3v) is 3.71. The first-order chi connectivity index (χ1) is 10.1. The maximum absolute atomic E-state index is 12.4. The summed E-state index contributed by atoms with van der Waals surface area (Å²) in [5, 5.41) is 6.14. The summed E-state index contributed by atoms with van der Waals surface area (Å²) in [6.07, 6.45) is 0. The van der Waals surface area contributed by atoms with Gasteiger partial charge in [-0.05, 0) is 42.8 Å². The number of nitrogens with one attached hydrogen (secondary N) is 2. The molecule has 0 radical (unpaired) electrons. The molecular weight excluding hydrogens is 264 g/mol. The largest absolute Gasteiger partial charge is 0.384 e. The predicted molar refractivity (Wildman–Crippen MR) is 82.7 cm³/mol. The number of amides is 1. The van der Waals surface area contributed by atoms with Crippen LogP contribution in [0.2, 0.25) is 0 Å². The molecule has 2 aromatic rings. The van der Waals surface area contributed by atoms with Crippen molar-refractivity contribution in [2.45, 2.75) is 12.8 Å². The van der Waals surface area contributed by atoms with Gasteiger partial charge < -0.3 is 10.6 Å². The van der Waals surface area contributed by atoms with Gasteiger partial charge in [0.25, 0.3) is 0 Å². The van der Waals surface area contributed by atoms with E-state index < -0.39 is 0 Å². The van der Waals surface area contributed by atoms with E-state index in [-0.39, 0.29) is 17.6 Å². The molecule has 2 N–H and O–H groups in total. The molecule has 21 heavy (non-hydrogen) atoms. The highest BCUT2D eigenvalue weighted by Gasteiger charge is 2.28. The maximum atomic E-state index is 12.4. The maximum Gasteiger partial charge on any atom is 0.233 e. The van der Waals surface area contributed by atoms with Gasteiger partial charge in [0, 0.05) is 23.5 Å². The second kappa shape index (κ2) is 5.40. The Kier molecular flexibility index (Phi) is 3.44. The van der Waals surface area contributed by atoms with Crippen LogP contribution in [0.5, 0.6) is 0 Å². The Morgan fingerprint density at radius 3 is 2.52 bits per heavy atom. The average molecular weight is 280 g/mol. The highest BCUT2D eigenvalue weighted by Crippen LogP contribution is 2.31. The second-order valence-electron chi connectivity index (χ2n) is 5.14. The Morgan fingerprint density at radius 2 is 1.81 bits per heavy atom. The average Bonchev–Trinajstić information content (AvgIpc) is 2.92. The van der Waals surface area contributed by atoms with E-state index >= 15 is 0 Å². The van der Waals surface area contributed by atoms with Crippen molar-refractivity contribution in [3.05, 3.63) is 59.7 Å². The number of hydrogen-bond acceptors (Lipinski definition) is 3. The van der Waals surface area contributed by atoms with E-state index in [1.807, 2.05) is 24.3 Å². The SMILES string of the molecule is CC(=O)c1ccc(NC(=O)C2CNc3ccccc32)cc1. The number of Topliss-reactive ketones (excluding diaryl/α,β-unsaturated/α-hetero) is 1. The number of fused-ring (bicyclic) bond motifs is 1. The van der Waals surface area contributed by atoms with Crippen LogP contribution in [0, 0.1) is 0 Å². The summed E-state index contributed by atoms with van der Waals surface area (Å²) in [6, 6.07) is 14.8. The summed E-state index contributed by atoms with van der Waals surface area (Å²) in [5.41, 5.74) is 3.38. The van der Waals surface area contributed by atoms with Crippen LogP contribution in [-0.4, -0.2) is 18.2 Å². The number of carbonyl (C=O) groups excluding carboxylic acids is 2. The van der Waals surface area contributed by atoms with Crippen molar-refractivity contribution >= 4 is 23.1 Å². The Morgan fingerprint density at radius 1 is 1.10 bits per heavy atom. The number of ketones is 1. The molecule has 1 aliphatic rings. The zero-order valence-corrected chi connectivity index (χ0v) is 11.7. The van der Waals surface area contributed by atoms with Crippen LogP contribution < -0.4 is 10.6 Å². The van der Waals surface area contributed by atoms with Crippen LogP contribution in [0.4, 0.5) is 11.4 Å². The van der Waals surface area contributed by atoms with Crippen LogP contribution >= 0.6 is 0 Å². The van der Waals surface area contributed by atoms with E-state index in [9.17, 15) is 9.59 Å². The van der Waals surface area contributed by atoms with E-state index in [2.05, 4.69) is 10.6 Å². The fourth-order valence-corrected chi connectivity index (χ4v) is 2.54. The molecule has 0 fully saturated rings. The Hall–Kier alpha value is -2.62. The van der Waals surface area contributed by atoms with Crippen LogP contribution in [-0.2, 0) is 4.79 Å². The first kappa shape index (κ1) is 13.4. The smallest absolute Gasteiger partial charge is 0.233 e. The zero-order chi connectivity index (χ0) is 14.8. The molecule has 0 aromatic heterocycles. The third-order valence-electron chi connectivity index (χ3n) is 3.71. The standard InChI is InChI=1S/C17H16N2O2/c1-11(20)12-6-8-13(9-7-12)19-17(21)15-10-18-16-5-3-2-4-14(15)16/h2-9,15,18H,10H2,1H3,(H,19,21). The molecule has 4 nitrogen and oxygen atoms in total. The Balaban J connectivity index is 1.74. The molecule has 106 valence electrons. The van der Waals surface area contributed by atoms with Gasteiger partial charge >= 0.3 is 0 Å². The van der Waals surface area contributed by atoms with Gasteiger partial charge in [-0.1, -0.05) is 18.2 Å². The van der Waals surface area contributed by atoms with Crippen molar-refractivity contribution in [3.8, 4) is 0 Å². The number of benzene rings is 2. The van der Waals surface area contributed by atoms with Gasteiger partial charge in [-0.25, -0.2) is 0 Å². The molecule has 1 atom stereocenters. The summed E-state index contributed by atoms with van der Waals surface area (Å²) < 4.78 is 0. The first-order valence-corrected chi connectivity index (χ1v) is 6.90. The first-order valence-electron chi connectivity index (χ1n) is 6.90. The molecule has 0 spiro atoms. The summed E-state index contributed by atoms with van der Waals surface area (Å²) in [6.45, 7) is 2.13. The molecule has 1 aliphatic heterocycles. The molecule has 1 unspecified atom stereocenters. The lowest BCUT2D eigenvalue weighted by Gasteiger charge is -2.11. The van der Waals surface area contributed by atoms with Crippen molar-refractivity contribution in [1.82, 2.24) is 0 Å². The molecule has 1 amide bonds. The highest BCUT2D eigenvalue weighted by atomic mass is 16.2. The van der Waals surface area contributed by atoms with Crippen molar-refractivity contribution < 1.29 is 9.59 Å². The molecule has 0 saturated carbocycles. The summed E-state index contributed by atoms with van der Waals surface area (Å²) in [7, 11) is 0. The van der Waals surface area contributed by atoms with E-state index in [4.69, 9.17) is 0 Å². The lowest BCUT2D eigenvalue weighted by Crippen LogP contribution is -2.22. The fourth-order valence-electron chi connectivity index (χ4n) is 2.54. The van der Waals surface area contributed by atoms with Gasteiger partial charge in [0.15, 0.2) is 5.78 Å². The van der Waals surface area contributed by atoms with Crippen LogP contribution in [0.3, 0.4) is 0 Å². The predicted octanol–water partition coefficient (Wildman–Crippen LogP) is 3.04. The molecule has 0 bridgehead atoms. The lowest BCUT2D eigenvalue weighted by molar-refractivity contribution is -0.117. The molecule has 0 aliphatic carbocycles. The minimum Gasteiger partial charge on any atom is -0.384 e. The van der Waals surface area contributed by atoms with E-state index in [1.54, 1.807) is 24.3 Å². The van der Waals surface area contributed by atoms with Crippen molar-refractivity contribution in [1.29, 1.82) is 0 Å². The highest BCUT2D eigenvalue weighted by molar-refractivity contribution is 5.99. The molecular formula is C17H16N2O2. The van der Waals surface area contributed by atoms with E-state index in [1.165, 1.54) is 6.92 Å². The van der Waals surface area contributed by atoms with Gasteiger partial charge in [0.2, 0.25) is 5.91 Å². The van der Waals surface area contributed by atoms with Crippen molar-refractivity contribution in [2.24, 2.45) is 0 Å². The van der Waals surface area contributed by atoms with Gasteiger partial charge in [0.05, 0.1) is 5.92 Å². The topological polar surface area (TPSA) is 58.2 Å². The number of para-hydroxylation sites is 1. The normalized spacial score (nSPS) is 16.0. The van der Waals surface area contributed by atoms with Gasteiger partial charge in [-0.2, -0.15) is 0 Å². The van der Waals surface area contributed by atoms with Crippen LogP contribution in [0.1, 0.15) is 28.8 Å². The molecule has 0 saturated heterocycles. The summed E-state index contributed by atoms with van der Waals surface area (Å²) in [5.74, 6) is -0.210. The molecule has 3 rings (SSSR count). The molecule has 2 aromatic carbocycles. The number of rotatable bonds is 3. The van der Waals surface area contributed by atoms with Crippen molar-refractivity contribution in [2.75, 3.05) is 17.2 Å². The monoisotopic (exact) mass is 280 g/mol. The number of carbonyl (C=O) groups is 2. The second-order valence-corrected chi connectivity index (χ2v) is 5.14. The zero-order valence-electron chi connectivity index (χ0n) is 11.7. The minimum absolute atomic E-state index is 0.0156. The fraction of sp³-hybridized carbons (Fsp3) is 0.176. The van der Waals surface area contributed by atoms with Crippen LogP contribution in [0.25, 0.3) is 0 Å². The van der Waals surface area contributed by atoms with E-state index in [0.717, 1.165) is 11.3 Å². The molecule has 4 heteroatoms. The van der Waals surface area contributed by atoms with Crippen LogP contribution in [0.15, 0.2) is 48.5 Å². The van der Waals surface area contributed by atoms with Gasteiger partial charge in [-0.3, -0.25) is 9.59 Å². The summed E-state index contributed by atoms with van der Waals surface area (Å²) in [4.78, 5) is 23.6. The lowest BCUT2D eigenvalue weighted by atomic mass is 10.0.